The summed E-state index contributed by atoms with van der Waals surface area (Å²) in [5, 5.41) is 8.85. The van der Waals surface area contributed by atoms with Crippen molar-refractivity contribution >= 4 is 23.6 Å². The van der Waals surface area contributed by atoms with Crippen LogP contribution in [0.25, 0.3) is 0 Å². The van der Waals surface area contributed by atoms with Crippen LogP contribution in [0, 0.1) is 6.92 Å². The summed E-state index contributed by atoms with van der Waals surface area (Å²) in [6.07, 6.45) is -1.12. The predicted octanol–water partition coefficient (Wildman–Crippen LogP) is 3.02. The number of rotatable bonds is 7. The van der Waals surface area contributed by atoms with Gasteiger partial charge in [0.15, 0.2) is 18.0 Å². The first-order valence-corrected chi connectivity index (χ1v) is 9.29. The van der Waals surface area contributed by atoms with Crippen molar-refractivity contribution in [2.75, 3.05) is 5.32 Å². The van der Waals surface area contributed by atoms with Crippen LogP contribution in [0.4, 0.5) is 5.82 Å². The molecule has 2 aromatic carbocycles. The number of aromatic nitrogens is 1. The molecule has 2 atom stereocenters. The fourth-order valence-electron chi connectivity index (χ4n) is 2.68. The van der Waals surface area contributed by atoms with Gasteiger partial charge in [-0.3, -0.25) is 9.59 Å². The van der Waals surface area contributed by atoms with Gasteiger partial charge in [0.2, 0.25) is 0 Å². The maximum atomic E-state index is 12.8. The van der Waals surface area contributed by atoms with Crippen LogP contribution < -0.4 is 10.6 Å². The Morgan fingerprint density at radius 1 is 1.00 bits per heavy atom. The third-order valence-corrected chi connectivity index (χ3v) is 4.22. The highest BCUT2D eigenvalue weighted by Crippen LogP contribution is 2.17. The van der Waals surface area contributed by atoms with E-state index in [1.165, 1.54) is 6.92 Å². The van der Waals surface area contributed by atoms with Gasteiger partial charge in [0.05, 0.1) is 0 Å². The number of carbonyl (C=O) groups excluding carboxylic acids is 3. The van der Waals surface area contributed by atoms with Crippen molar-refractivity contribution in [3.63, 3.8) is 0 Å². The number of esters is 1. The molecule has 0 fully saturated rings. The van der Waals surface area contributed by atoms with Gasteiger partial charge in [-0.1, -0.05) is 53.7 Å². The van der Waals surface area contributed by atoms with Crippen LogP contribution in [0.15, 0.2) is 71.3 Å². The molecule has 3 rings (SSSR count). The second kappa shape index (κ2) is 9.51. The third-order valence-electron chi connectivity index (χ3n) is 4.22. The summed E-state index contributed by atoms with van der Waals surface area (Å²) >= 11 is 0. The minimum Gasteiger partial charge on any atom is -0.451 e. The van der Waals surface area contributed by atoms with Gasteiger partial charge in [0.1, 0.15) is 5.76 Å². The molecule has 2 N–H and O–H groups in total. The van der Waals surface area contributed by atoms with E-state index >= 15 is 0 Å². The fourth-order valence-corrected chi connectivity index (χ4v) is 2.68. The number of nitrogens with zero attached hydrogens (tertiary/aromatic N) is 1. The van der Waals surface area contributed by atoms with Crippen LogP contribution >= 0.6 is 0 Å². The van der Waals surface area contributed by atoms with E-state index in [0.717, 1.165) is 0 Å². The van der Waals surface area contributed by atoms with E-state index in [-0.39, 0.29) is 5.82 Å². The number of benzene rings is 2. The number of carbonyl (C=O) groups is 3. The van der Waals surface area contributed by atoms with Crippen molar-refractivity contribution in [3.05, 3.63) is 83.6 Å². The molecule has 0 unspecified atom stereocenters. The average molecular weight is 407 g/mol. The molecule has 0 saturated carbocycles. The van der Waals surface area contributed by atoms with Gasteiger partial charge in [-0.25, -0.2) is 4.79 Å². The molecule has 0 bridgehead atoms. The number of aryl methyl sites for hydroxylation is 1. The maximum absolute atomic E-state index is 12.8. The normalized spacial score (nSPS) is 12.5. The number of hydrogen-bond acceptors (Lipinski definition) is 6. The average Bonchev–Trinajstić information content (AvgIpc) is 3.17. The van der Waals surface area contributed by atoms with Gasteiger partial charge in [-0.2, -0.15) is 0 Å². The molecule has 0 aliphatic carbocycles. The molecule has 30 heavy (non-hydrogen) atoms. The lowest BCUT2D eigenvalue weighted by Crippen LogP contribution is -2.38. The highest BCUT2D eigenvalue weighted by atomic mass is 16.5. The third kappa shape index (κ3) is 5.32. The molecule has 154 valence electrons. The largest absolute Gasteiger partial charge is 0.451 e. The van der Waals surface area contributed by atoms with E-state index in [2.05, 4.69) is 15.8 Å². The summed E-state index contributed by atoms with van der Waals surface area (Å²) in [4.78, 5) is 37.7. The fraction of sp³-hybridized carbons (Fsp3) is 0.182. The lowest BCUT2D eigenvalue weighted by atomic mass is 10.1. The molecule has 1 heterocycles. The Morgan fingerprint density at radius 2 is 1.63 bits per heavy atom. The Balaban J connectivity index is 1.71. The minimum atomic E-state index is -1.12. The number of amides is 2. The summed E-state index contributed by atoms with van der Waals surface area (Å²) in [5.41, 5.74) is 0.935. The van der Waals surface area contributed by atoms with Crippen molar-refractivity contribution in [3.8, 4) is 0 Å². The Hall–Kier alpha value is -3.94. The lowest BCUT2D eigenvalue weighted by Gasteiger charge is -2.20. The Kier molecular flexibility index (Phi) is 6.59. The predicted molar refractivity (Wildman–Crippen MR) is 109 cm³/mol. The molecule has 3 aromatic rings. The minimum absolute atomic E-state index is 0.220. The zero-order valence-electron chi connectivity index (χ0n) is 16.5. The molecular formula is C22H21N3O5. The van der Waals surface area contributed by atoms with Gasteiger partial charge in [-0.15, -0.1) is 0 Å². The van der Waals surface area contributed by atoms with E-state index < -0.39 is 29.9 Å². The second-order valence-corrected chi connectivity index (χ2v) is 6.57. The molecule has 2 amide bonds. The highest BCUT2D eigenvalue weighted by Gasteiger charge is 2.28. The van der Waals surface area contributed by atoms with E-state index in [4.69, 9.17) is 9.26 Å². The van der Waals surface area contributed by atoms with Gasteiger partial charge < -0.3 is 19.9 Å². The quantitative estimate of drug-likeness (QED) is 0.583. The standard InChI is InChI=1S/C22H21N3O5/c1-14-13-18(25-30-14)23-20(26)15(2)29-22(28)19(16-9-5-3-6-10-16)24-21(27)17-11-7-4-8-12-17/h3-13,15,19H,1-2H3,(H,24,27)(H,23,25,26)/t15-,19-/m1/s1. The van der Waals surface area contributed by atoms with Crippen LogP contribution in [0.3, 0.4) is 0 Å². The van der Waals surface area contributed by atoms with Crippen LogP contribution in [-0.4, -0.2) is 29.0 Å². The molecule has 0 aliphatic heterocycles. The zero-order chi connectivity index (χ0) is 21.5. The molecule has 0 saturated heterocycles. The number of nitrogens with one attached hydrogen (secondary N) is 2. The summed E-state index contributed by atoms with van der Waals surface area (Å²) in [5.74, 6) is -1.01. The van der Waals surface area contributed by atoms with Crippen LogP contribution in [0.5, 0.6) is 0 Å². The van der Waals surface area contributed by atoms with Crippen molar-refractivity contribution in [2.24, 2.45) is 0 Å². The first-order chi connectivity index (χ1) is 14.4. The number of anilines is 1. The smallest absolute Gasteiger partial charge is 0.334 e. The van der Waals surface area contributed by atoms with Crippen LogP contribution in [0.1, 0.15) is 34.6 Å². The summed E-state index contributed by atoms with van der Waals surface area (Å²) in [7, 11) is 0. The first-order valence-electron chi connectivity index (χ1n) is 9.29. The van der Waals surface area contributed by atoms with Gasteiger partial charge in [0, 0.05) is 11.6 Å². The first kappa shape index (κ1) is 20.8. The molecule has 1 aromatic heterocycles. The zero-order valence-corrected chi connectivity index (χ0v) is 16.5. The van der Waals surface area contributed by atoms with E-state index in [1.807, 2.05) is 0 Å². The van der Waals surface area contributed by atoms with Crippen LogP contribution in [-0.2, 0) is 14.3 Å². The molecular weight excluding hydrogens is 386 g/mol. The SMILES string of the molecule is Cc1cc(NC(=O)[C@@H](C)OC(=O)[C@H](NC(=O)c2ccccc2)c2ccccc2)no1. The van der Waals surface area contributed by atoms with Crippen molar-refractivity contribution in [1.82, 2.24) is 10.5 Å². The second-order valence-electron chi connectivity index (χ2n) is 6.57. The summed E-state index contributed by atoms with van der Waals surface area (Å²) in [6, 6.07) is 17.6. The van der Waals surface area contributed by atoms with E-state index in [0.29, 0.717) is 16.9 Å². The lowest BCUT2D eigenvalue weighted by molar-refractivity contribution is -0.155. The molecule has 0 aliphatic rings. The van der Waals surface area contributed by atoms with E-state index in [1.54, 1.807) is 73.7 Å². The number of hydrogen-bond donors (Lipinski definition) is 2. The van der Waals surface area contributed by atoms with Crippen molar-refractivity contribution in [2.45, 2.75) is 26.0 Å². The molecule has 0 spiro atoms. The topological polar surface area (TPSA) is 111 Å². The maximum Gasteiger partial charge on any atom is 0.334 e. The summed E-state index contributed by atoms with van der Waals surface area (Å²) < 4.78 is 10.2. The molecule has 8 nitrogen and oxygen atoms in total. The Bertz CT molecular complexity index is 1020. The Labute approximate surface area is 173 Å². The number of ether oxygens (including phenoxy) is 1. The van der Waals surface area contributed by atoms with Crippen LogP contribution in [0.2, 0.25) is 0 Å². The summed E-state index contributed by atoms with van der Waals surface area (Å²) in [6.45, 7) is 3.12. The van der Waals surface area contributed by atoms with Gasteiger partial charge in [0.25, 0.3) is 11.8 Å². The van der Waals surface area contributed by atoms with Crippen molar-refractivity contribution in [1.29, 1.82) is 0 Å². The Morgan fingerprint density at radius 3 is 2.23 bits per heavy atom. The molecule has 0 radical (unpaired) electrons. The van der Waals surface area contributed by atoms with Gasteiger partial charge >= 0.3 is 5.97 Å². The molecule has 8 heteroatoms. The van der Waals surface area contributed by atoms with Crippen molar-refractivity contribution < 1.29 is 23.6 Å². The van der Waals surface area contributed by atoms with E-state index in [9.17, 15) is 14.4 Å². The monoisotopic (exact) mass is 407 g/mol. The highest BCUT2D eigenvalue weighted by molar-refractivity contribution is 5.98. The van der Waals surface area contributed by atoms with Gasteiger partial charge in [-0.05, 0) is 31.5 Å².